The molecule has 0 aromatic heterocycles. The van der Waals surface area contributed by atoms with Gasteiger partial charge in [0.05, 0.1) is 13.2 Å². The molecule has 0 fully saturated rings. The minimum Gasteiger partial charge on any atom is -0.383 e. The maximum atomic E-state index is 11.9. The van der Waals surface area contributed by atoms with Gasteiger partial charge in [-0.15, -0.1) is 0 Å². The first-order chi connectivity index (χ1) is 5.61. The van der Waals surface area contributed by atoms with Crippen molar-refractivity contribution in [3.05, 3.63) is 0 Å². The Labute approximate surface area is 71.5 Å². The molecule has 5 heteroatoms. The third-order valence-electron chi connectivity index (χ3n) is 1.68. The molecule has 2 N–H and O–H groups in total. The Kier molecular flexibility index (Phi) is 6.14. The second-order valence-corrected chi connectivity index (χ2v) is 2.68. The molecular weight excluding hydrogens is 166 g/mol. The molecule has 0 heterocycles. The minimum absolute atomic E-state index is 0.121. The first-order valence-corrected chi connectivity index (χ1v) is 3.79. The fourth-order valence-corrected chi connectivity index (χ4v) is 0.934. The zero-order chi connectivity index (χ0) is 9.56. The lowest BCUT2D eigenvalue weighted by molar-refractivity contribution is 0.0531. The van der Waals surface area contributed by atoms with Gasteiger partial charge in [-0.1, -0.05) is 0 Å². The van der Waals surface area contributed by atoms with Crippen LogP contribution in [0.5, 0.6) is 0 Å². The zero-order valence-electron chi connectivity index (χ0n) is 7.46. The number of nitrogens with zero attached hydrogens (tertiary/aromatic N) is 1. The van der Waals surface area contributed by atoms with Gasteiger partial charge in [-0.25, -0.2) is 8.78 Å². The van der Waals surface area contributed by atoms with Gasteiger partial charge in [0, 0.05) is 19.7 Å². The molecule has 0 aliphatic carbocycles. The number of methoxy groups -OCH3 is 1. The van der Waals surface area contributed by atoms with Crippen molar-refractivity contribution >= 4 is 0 Å². The highest BCUT2D eigenvalue weighted by molar-refractivity contribution is 4.69. The quantitative estimate of drug-likeness (QED) is 0.635. The van der Waals surface area contributed by atoms with Crippen molar-refractivity contribution in [2.24, 2.45) is 5.73 Å². The molecule has 0 aromatic rings. The van der Waals surface area contributed by atoms with Crippen LogP contribution < -0.4 is 5.73 Å². The molecule has 0 bridgehead atoms. The van der Waals surface area contributed by atoms with Crippen LogP contribution in [0.1, 0.15) is 0 Å². The Bertz CT molecular complexity index is 114. The topological polar surface area (TPSA) is 38.5 Å². The van der Waals surface area contributed by atoms with Crippen LogP contribution in [0.3, 0.4) is 0 Å². The third kappa shape index (κ3) is 4.58. The van der Waals surface area contributed by atoms with Gasteiger partial charge in [0.25, 0.3) is 6.43 Å². The standard InChI is InChI=1S/C7H16F2N2O/c1-11(4-7(8)9)6(3-10)5-12-2/h6-7H,3-5,10H2,1-2H3. The predicted molar refractivity (Wildman–Crippen MR) is 43.4 cm³/mol. The van der Waals surface area contributed by atoms with Gasteiger partial charge in [-0.3, -0.25) is 4.90 Å². The smallest absolute Gasteiger partial charge is 0.251 e. The van der Waals surface area contributed by atoms with Crippen LogP contribution in [-0.2, 0) is 4.74 Å². The molecule has 3 nitrogen and oxygen atoms in total. The SMILES string of the molecule is COCC(CN)N(C)CC(F)F. The maximum absolute atomic E-state index is 11.9. The average Bonchev–Trinajstić information content (AvgIpc) is 1.98. The lowest BCUT2D eigenvalue weighted by Crippen LogP contribution is -2.43. The molecule has 0 saturated heterocycles. The predicted octanol–water partition coefficient (Wildman–Crippen LogP) is 0.157. The van der Waals surface area contributed by atoms with Gasteiger partial charge in [-0.05, 0) is 7.05 Å². The minimum atomic E-state index is -2.32. The number of hydrogen-bond donors (Lipinski definition) is 1. The average molecular weight is 182 g/mol. The van der Waals surface area contributed by atoms with Crippen molar-refractivity contribution in [2.45, 2.75) is 12.5 Å². The lowest BCUT2D eigenvalue weighted by Gasteiger charge is -2.25. The molecule has 0 aliphatic heterocycles. The van der Waals surface area contributed by atoms with E-state index in [0.29, 0.717) is 13.2 Å². The van der Waals surface area contributed by atoms with Crippen molar-refractivity contribution in [3.63, 3.8) is 0 Å². The second kappa shape index (κ2) is 6.28. The van der Waals surface area contributed by atoms with E-state index in [1.807, 2.05) is 0 Å². The van der Waals surface area contributed by atoms with Crippen molar-refractivity contribution in [1.29, 1.82) is 0 Å². The molecule has 1 unspecified atom stereocenters. The monoisotopic (exact) mass is 182 g/mol. The summed E-state index contributed by atoms with van der Waals surface area (Å²) >= 11 is 0. The second-order valence-electron chi connectivity index (χ2n) is 2.68. The van der Waals surface area contributed by atoms with E-state index < -0.39 is 6.43 Å². The highest BCUT2D eigenvalue weighted by atomic mass is 19.3. The summed E-state index contributed by atoms with van der Waals surface area (Å²) in [5.41, 5.74) is 5.37. The molecule has 0 aliphatic rings. The number of ether oxygens (including phenoxy) is 1. The van der Waals surface area contributed by atoms with E-state index in [4.69, 9.17) is 10.5 Å². The Hall–Kier alpha value is -0.260. The summed E-state index contributed by atoms with van der Waals surface area (Å²) in [5, 5.41) is 0. The number of halogens is 2. The van der Waals surface area contributed by atoms with Crippen molar-refractivity contribution in [1.82, 2.24) is 4.90 Å². The number of alkyl halides is 2. The zero-order valence-corrected chi connectivity index (χ0v) is 7.46. The highest BCUT2D eigenvalue weighted by Gasteiger charge is 2.16. The summed E-state index contributed by atoms with van der Waals surface area (Å²) in [5.74, 6) is 0. The summed E-state index contributed by atoms with van der Waals surface area (Å²) in [4.78, 5) is 1.51. The largest absolute Gasteiger partial charge is 0.383 e. The van der Waals surface area contributed by atoms with Gasteiger partial charge in [0.15, 0.2) is 0 Å². The van der Waals surface area contributed by atoms with Gasteiger partial charge >= 0.3 is 0 Å². The van der Waals surface area contributed by atoms with E-state index >= 15 is 0 Å². The molecule has 0 rings (SSSR count). The van der Waals surface area contributed by atoms with Crippen LogP contribution in [0.25, 0.3) is 0 Å². The van der Waals surface area contributed by atoms with Crippen LogP contribution in [-0.4, -0.2) is 51.2 Å². The van der Waals surface area contributed by atoms with E-state index in [1.54, 1.807) is 7.05 Å². The summed E-state index contributed by atoms with van der Waals surface area (Å²) in [6.45, 7) is 0.460. The van der Waals surface area contributed by atoms with E-state index in [0.717, 1.165) is 0 Å². The molecule has 0 amide bonds. The van der Waals surface area contributed by atoms with E-state index in [2.05, 4.69) is 0 Å². The Balaban J connectivity index is 3.76. The van der Waals surface area contributed by atoms with E-state index in [-0.39, 0.29) is 12.6 Å². The molecular formula is C7H16F2N2O. The van der Waals surface area contributed by atoms with Crippen molar-refractivity contribution in [3.8, 4) is 0 Å². The molecule has 74 valence electrons. The van der Waals surface area contributed by atoms with Crippen LogP contribution in [0.4, 0.5) is 8.78 Å². The highest BCUT2D eigenvalue weighted by Crippen LogP contribution is 2.00. The van der Waals surface area contributed by atoms with Crippen molar-refractivity contribution < 1.29 is 13.5 Å². The first kappa shape index (κ1) is 11.7. The van der Waals surface area contributed by atoms with E-state index in [1.165, 1.54) is 12.0 Å². The molecule has 0 radical (unpaired) electrons. The Morgan fingerprint density at radius 2 is 2.08 bits per heavy atom. The Morgan fingerprint density at radius 3 is 2.42 bits per heavy atom. The van der Waals surface area contributed by atoms with E-state index in [9.17, 15) is 8.78 Å². The molecule has 12 heavy (non-hydrogen) atoms. The summed E-state index contributed by atoms with van der Waals surface area (Å²) in [6, 6.07) is -0.121. The fraction of sp³-hybridized carbons (Fsp3) is 1.00. The molecule has 0 aromatic carbocycles. The number of likely N-dealkylation sites (N-methyl/N-ethyl adjacent to an activating group) is 1. The number of nitrogens with two attached hydrogens (primary N) is 1. The van der Waals surface area contributed by atoms with Gasteiger partial charge < -0.3 is 10.5 Å². The summed E-state index contributed by atoms with van der Waals surface area (Å²) in [7, 11) is 3.14. The lowest BCUT2D eigenvalue weighted by atomic mass is 10.3. The molecule has 0 saturated carbocycles. The molecule has 1 atom stereocenters. The summed E-state index contributed by atoms with van der Waals surface area (Å²) < 4.78 is 28.6. The van der Waals surface area contributed by atoms with Gasteiger partial charge in [0.1, 0.15) is 0 Å². The van der Waals surface area contributed by atoms with Crippen LogP contribution in [0, 0.1) is 0 Å². The van der Waals surface area contributed by atoms with Crippen LogP contribution in [0.15, 0.2) is 0 Å². The van der Waals surface area contributed by atoms with Gasteiger partial charge in [-0.2, -0.15) is 0 Å². The Morgan fingerprint density at radius 1 is 1.50 bits per heavy atom. The maximum Gasteiger partial charge on any atom is 0.251 e. The van der Waals surface area contributed by atoms with Crippen molar-refractivity contribution in [2.75, 3.05) is 33.9 Å². The van der Waals surface area contributed by atoms with Crippen LogP contribution in [0.2, 0.25) is 0 Å². The third-order valence-corrected chi connectivity index (χ3v) is 1.68. The normalized spacial score (nSPS) is 14.2. The van der Waals surface area contributed by atoms with Crippen LogP contribution >= 0.6 is 0 Å². The molecule has 0 spiro atoms. The number of hydrogen-bond acceptors (Lipinski definition) is 3. The number of rotatable bonds is 6. The van der Waals surface area contributed by atoms with Gasteiger partial charge in [0.2, 0.25) is 0 Å². The summed E-state index contributed by atoms with van der Waals surface area (Å²) in [6.07, 6.45) is -2.32. The fourth-order valence-electron chi connectivity index (χ4n) is 0.934. The first-order valence-electron chi connectivity index (χ1n) is 3.79.